The molecule has 0 aliphatic rings. The van der Waals surface area contributed by atoms with Gasteiger partial charge in [0.05, 0.1) is 27.6 Å². The molecule has 5 N–H and O–H groups in total. The number of amides is 5. The lowest BCUT2D eigenvalue weighted by Gasteiger charge is -2.27. The zero-order valence-electron chi connectivity index (χ0n) is 29.2. The SMILES string of the molecule is CC(C)c1nc(CN(C)C(=O)N[C@@H](CCC(N)=O)C(=O)N[C@@H](CC[C@@H](Cc2ccccc2)NC(=O)OCc2cncs2)Cc2ccccc2)cs1. The summed E-state index contributed by atoms with van der Waals surface area (Å²) < 4.78 is 5.47. The van der Waals surface area contributed by atoms with Gasteiger partial charge in [-0.3, -0.25) is 14.6 Å². The maximum absolute atomic E-state index is 13.9. The van der Waals surface area contributed by atoms with E-state index in [9.17, 15) is 19.2 Å². The number of urea groups is 1. The fourth-order valence-corrected chi connectivity index (χ4v) is 6.73. The summed E-state index contributed by atoms with van der Waals surface area (Å²) in [6.45, 7) is 4.51. The number of alkyl carbamates (subject to hydrolysis) is 1. The van der Waals surface area contributed by atoms with Crippen LogP contribution in [0.4, 0.5) is 9.59 Å². The van der Waals surface area contributed by atoms with E-state index in [-0.39, 0.29) is 44.0 Å². The molecule has 2 aromatic carbocycles. The monoisotopic (exact) mass is 733 g/mol. The Hall–Kier alpha value is -4.82. The van der Waals surface area contributed by atoms with Gasteiger partial charge in [0, 0.05) is 43.0 Å². The Bertz CT molecular complexity index is 1670. The number of rotatable bonds is 19. The van der Waals surface area contributed by atoms with Crippen LogP contribution < -0.4 is 21.7 Å². The average molecular weight is 734 g/mol. The minimum atomic E-state index is -1.01. The van der Waals surface area contributed by atoms with Crippen LogP contribution in [0.15, 0.2) is 77.8 Å². The molecule has 0 aliphatic carbocycles. The highest BCUT2D eigenvalue weighted by atomic mass is 32.1. The van der Waals surface area contributed by atoms with Crippen molar-refractivity contribution in [3.63, 3.8) is 0 Å². The van der Waals surface area contributed by atoms with E-state index in [4.69, 9.17) is 10.5 Å². The molecule has 0 bridgehead atoms. The molecule has 0 spiro atoms. The molecule has 4 aromatic rings. The maximum Gasteiger partial charge on any atom is 0.407 e. The van der Waals surface area contributed by atoms with Crippen molar-refractivity contribution in [2.24, 2.45) is 5.73 Å². The Morgan fingerprint density at radius 3 is 2.04 bits per heavy atom. The maximum atomic E-state index is 13.9. The minimum absolute atomic E-state index is 0.0385. The normalized spacial score (nSPS) is 12.8. The molecule has 0 unspecified atom stereocenters. The van der Waals surface area contributed by atoms with Crippen LogP contribution in [0.25, 0.3) is 0 Å². The van der Waals surface area contributed by atoms with Gasteiger partial charge in [0.1, 0.15) is 12.6 Å². The highest BCUT2D eigenvalue weighted by molar-refractivity contribution is 7.09. The topological polar surface area (TPSA) is 169 Å². The van der Waals surface area contributed by atoms with Gasteiger partial charge in [0.15, 0.2) is 0 Å². The van der Waals surface area contributed by atoms with E-state index in [0.29, 0.717) is 25.7 Å². The lowest BCUT2D eigenvalue weighted by atomic mass is 9.95. The van der Waals surface area contributed by atoms with Gasteiger partial charge < -0.3 is 31.3 Å². The van der Waals surface area contributed by atoms with E-state index in [1.165, 1.54) is 16.2 Å². The second-order valence-electron chi connectivity index (χ2n) is 12.7. The Morgan fingerprint density at radius 1 is 0.863 bits per heavy atom. The number of nitrogens with one attached hydrogen (secondary N) is 3. The third-order valence-electron chi connectivity index (χ3n) is 8.11. The van der Waals surface area contributed by atoms with Crippen LogP contribution in [-0.4, -0.2) is 64.0 Å². The number of hydrogen-bond donors (Lipinski definition) is 4. The van der Waals surface area contributed by atoms with Crippen molar-refractivity contribution < 1.29 is 23.9 Å². The van der Waals surface area contributed by atoms with Gasteiger partial charge in [-0.15, -0.1) is 22.7 Å². The van der Waals surface area contributed by atoms with Crippen molar-refractivity contribution in [1.29, 1.82) is 0 Å². The molecule has 0 saturated heterocycles. The Balaban J connectivity index is 1.45. The lowest BCUT2D eigenvalue weighted by Crippen LogP contribution is -2.53. The number of benzene rings is 2. The van der Waals surface area contributed by atoms with Crippen LogP contribution in [0.1, 0.15) is 72.2 Å². The quantitative estimate of drug-likeness (QED) is 0.0981. The molecule has 2 aromatic heterocycles. The Labute approximate surface area is 307 Å². The molecule has 0 saturated carbocycles. The van der Waals surface area contributed by atoms with Gasteiger partial charge in [-0.2, -0.15) is 0 Å². The number of hydrogen-bond acceptors (Lipinski definition) is 9. The van der Waals surface area contributed by atoms with Gasteiger partial charge in [-0.25, -0.2) is 14.6 Å². The number of ether oxygens (including phenoxy) is 1. The van der Waals surface area contributed by atoms with E-state index in [1.54, 1.807) is 30.1 Å². The Morgan fingerprint density at radius 2 is 1.49 bits per heavy atom. The van der Waals surface area contributed by atoms with Crippen LogP contribution >= 0.6 is 22.7 Å². The highest BCUT2D eigenvalue weighted by Crippen LogP contribution is 2.20. The van der Waals surface area contributed by atoms with Crippen LogP contribution in [-0.2, 0) is 40.3 Å². The summed E-state index contributed by atoms with van der Waals surface area (Å²) in [7, 11) is 1.63. The third kappa shape index (κ3) is 13.8. The molecule has 0 fully saturated rings. The molecule has 2 heterocycles. The standard InChI is InChI=1S/C37H47N7O5S2/c1-25(2)35-41-30(23-50-35)21-44(3)36(47)43-32(16-17-33(38)45)34(46)40-28(18-26-10-6-4-7-11-26)14-15-29(19-27-12-8-5-9-13-27)42-37(48)49-22-31-20-39-24-51-31/h4-13,20,23-25,28-29,32H,14-19,21-22H2,1-3H3,(H2,38,45)(H,40,46)(H,42,48)(H,43,47)/t28-,29-,32-/m0/s1. The number of aromatic nitrogens is 2. The van der Waals surface area contributed by atoms with Gasteiger partial charge in [0.25, 0.3) is 0 Å². The van der Waals surface area contributed by atoms with Gasteiger partial charge >= 0.3 is 12.1 Å². The second-order valence-corrected chi connectivity index (χ2v) is 14.6. The van der Waals surface area contributed by atoms with Crippen LogP contribution in [0.5, 0.6) is 0 Å². The van der Waals surface area contributed by atoms with E-state index in [2.05, 4.69) is 39.8 Å². The van der Waals surface area contributed by atoms with Crippen molar-refractivity contribution in [1.82, 2.24) is 30.8 Å². The summed E-state index contributed by atoms with van der Waals surface area (Å²) in [5.41, 5.74) is 9.95. The molecule has 4 rings (SSSR count). The van der Waals surface area contributed by atoms with Gasteiger partial charge in [-0.05, 0) is 43.2 Å². The second kappa shape index (κ2) is 20.1. The molecule has 14 heteroatoms. The van der Waals surface area contributed by atoms with Crippen LogP contribution in [0.2, 0.25) is 0 Å². The largest absolute Gasteiger partial charge is 0.444 e. The fraction of sp³-hybridized carbons (Fsp3) is 0.405. The first-order valence-corrected chi connectivity index (χ1v) is 18.7. The van der Waals surface area contributed by atoms with E-state index in [1.807, 2.05) is 66.0 Å². The molecular weight excluding hydrogens is 687 g/mol. The van der Waals surface area contributed by atoms with Crippen molar-refractivity contribution in [2.45, 2.75) is 89.6 Å². The molecule has 5 amide bonds. The first-order chi connectivity index (χ1) is 24.5. The predicted molar refractivity (Wildman–Crippen MR) is 199 cm³/mol. The van der Waals surface area contributed by atoms with Crippen molar-refractivity contribution in [3.8, 4) is 0 Å². The van der Waals surface area contributed by atoms with Gasteiger partial charge in [0.2, 0.25) is 11.8 Å². The number of carbonyl (C=O) groups excluding carboxylic acids is 4. The first kappa shape index (κ1) is 39.0. The van der Waals surface area contributed by atoms with Crippen molar-refractivity contribution >= 4 is 46.6 Å². The van der Waals surface area contributed by atoms with Crippen molar-refractivity contribution in [2.75, 3.05) is 7.05 Å². The fourth-order valence-electron chi connectivity index (χ4n) is 5.40. The number of nitrogens with zero attached hydrogens (tertiary/aromatic N) is 3. The zero-order chi connectivity index (χ0) is 36.6. The first-order valence-electron chi connectivity index (χ1n) is 17.0. The summed E-state index contributed by atoms with van der Waals surface area (Å²) in [6.07, 6.45) is 3.18. The number of nitrogens with two attached hydrogens (primary N) is 1. The van der Waals surface area contributed by atoms with Crippen molar-refractivity contribution in [3.05, 3.63) is 104 Å². The van der Waals surface area contributed by atoms with E-state index >= 15 is 0 Å². The number of carbonyl (C=O) groups is 4. The lowest BCUT2D eigenvalue weighted by molar-refractivity contribution is -0.124. The molecule has 0 aliphatic heterocycles. The summed E-state index contributed by atoms with van der Waals surface area (Å²) >= 11 is 2.95. The Kier molecular flexibility index (Phi) is 15.4. The molecular formula is C37H47N7O5S2. The van der Waals surface area contributed by atoms with Gasteiger partial charge in [-0.1, -0.05) is 74.5 Å². The third-order valence-corrected chi connectivity index (χ3v) is 10.1. The average Bonchev–Trinajstić information content (AvgIpc) is 3.81. The predicted octanol–water partition coefficient (Wildman–Crippen LogP) is 5.54. The van der Waals surface area contributed by atoms with Crippen LogP contribution in [0.3, 0.4) is 0 Å². The van der Waals surface area contributed by atoms with E-state index < -0.39 is 30.0 Å². The molecule has 51 heavy (non-hydrogen) atoms. The molecule has 272 valence electrons. The summed E-state index contributed by atoms with van der Waals surface area (Å²) in [5.74, 6) is -0.718. The summed E-state index contributed by atoms with van der Waals surface area (Å²) in [4.78, 5) is 62.7. The van der Waals surface area contributed by atoms with E-state index in [0.717, 1.165) is 26.7 Å². The van der Waals surface area contributed by atoms with Crippen LogP contribution in [0, 0.1) is 0 Å². The zero-order valence-corrected chi connectivity index (χ0v) is 30.9. The molecule has 3 atom stereocenters. The summed E-state index contributed by atoms with van der Waals surface area (Å²) in [5, 5.41) is 11.9. The number of thiazole rings is 2. The number of primary amides is 1. The minimum Gasteiger partial charge on any atom is -0.444 e. The summed E-state index contributed by atoms with van der Waals surface area (Å²) in [6, 6.07) is 17.5. The smallest absolute Gasteiger partial charge is 0.407 e. The molecule has 0 radical (unpaired) electrons. The highest BCUT2D eigenvalue weighted by Gasteiger charge is 2.27. The molecule has 12 nitrogen and oxygen atoms in total.